The Kier molecular flexibility index (Phi) is 4.38. The van der Waals surface area contributed by atoms with E-state index in [0.717, 1.165) is 11.3 Å². The first-order chi connectivity index (χ1) is 9.82. The van der Waals surface area contributed by atoms with Gasteiger partial charge in [-0.2, -0.15) is 13.2 Å². The number of aromatic nitrogens is 1. The number of esters is 1. The molecule has 0 spiro atoms. The molecule has 0 aromatic carbocycles. The van der Waals surface area contributed by atoms with Crippen molar-refractivity contribution in [3.8, 4) is 11.6 Å². The number of nitrogens with zero attached hydrogens (tertiary/aromatic N) is 1. The van der Waals surface area contributed by atoms with Crippen LogP contribution in [0.25, 0.3) is 0 Å². The minimum Gasteiger partial charge on any atom is -0.465 e. The van der Waals surface area contributed by atoms with Crippen molar-refractivity contribution < 1.29 is 27.4 Å². The van der Waals surface area contributed by atoms with Gasteiger partial charge in [0.25, 0.3) is 0 Å². The molecule has 0 bridgehead atoms. The Morgan fingerprint density at radius 1 is 1.43 bits per heavy atom. The first-order valence-corrected chi connectivity index (χ1v) is 6.65. The third kappa shape index (κ3) is 3.45. The minimum absolute atomic E-state index is 0.112. The Morgan fingerprint density at radius 2 is 2.14 bits per heavy atom. The Bertz CT molecular complexity index is 672. The SMILES string of the molecule is COC(=O)c1sccc1Oc1ncc(C(F)(F)F)cc1Cl. The molecule has 0 N–H and O–H groups in total. The number of carbonyl (C=O) groups is 1. The summed E-state index contributed by atoms with van der Waals surface area (Å²) in [6, 6.07) is 2.17. The summed E-state index contributed by atoms with van der Waals surface area (Å²) in [5.41, 5.74) is -0.988. The van der Waals surface area contributed by atoms with Gasteiger partial charge in [0.2, 0.25) is 5.88 Å². The van der Waals surface area contributed by atoms with E-state index >= 15 is 0 Å². The molecule has 9 heteroatoms. The summed E-state index contributed by atoms with van der Waals surface area (Å²) >= 11 is 6.78. The standard InChI is InChI=1S/C12H7ClF3NO3S/c1-19-11(18)9-8(2-3-21-9)20-10-7(13)4-6(5-17-10)12(14,15)16/h2-5H,1H3. The number of thiophene rings is 1. The van der Waals surface area contributed by atoms with Crippen molar-refractivity contribution in [3.05, 3.63) is 39.2 Å². The second-order valence-corrected chi connectivity index (χ2v) is 5.04. The number of halogens is 4. The third-order valence-corrected chi connectivity index (χ3v) is 3.49. The summed E-state index contributed by atoms with van der Waals surface area (Å²) in [7, 11) is 1.20. The Balaban J connectivity index is 2.29. The first kappa shape index (κ1) is 15.6. The van der Waals surface area contributed by atoms with Gasteiger partial charge in [0.1, 0.15) is 5.02 Å². The van der Waals surface area contributed by atoms with E-state index in [2.05, 4.69) is 9.72 Å². The molecule has 0 fully saturated rings. The number of hydrogen-bond acceptors (Lipinski definition) is 5. The van der Waals surface area contributed by atoms with E-state index in [9.17, 15) is 18.0 Å². The third-order valence-electron chi connectivity index (χ3n) is 2.34. The summed E-state index contributed by atoms with van der Waals surface area (Å²) in [4.78, 5) is 15.1. The molecule has 0 amide bonds. The van der Waals surface area contributed by atoms with E-state index in [1.165, 1.54) is 13.2 Å². The highest BCUT2D eigenvalue weighted by Crippen LogP contribution is 2.36. The Hall–Kier alpha value is -1.80. The predicted octanol–water partition coefficient (Wildman–Crippen LogP) is 4.39. The van der Waals surface area contributed by atoms with Gasteiger partial charge < -0.3 is 9.47 Å². The molecule has 0 saturated heterocycles. The number of pyridine rings is 1. The highest BCUT2D eigenvalue weighted by atomic mass is 35.5. The van der Waals surface area contributed by atoms with Crippen molar-refractivity contribution in [2.24, 2.45) is 0 Å². The molecule has 112 valence electrons. The largest absolute Gasteiger partial charge is 0.465 e. The highest BCUT2D eigenvalue weighted by Gasteiger charge is 2.32. The monoisotopic (exact) mass is 337 g/mol. The van der Waals surface area contributed by atoms with Gasteiger partial charge in [-0.1, -0.05) is 11.6 Å². The Morgan fingerprint density at radius 3 is 2.71 bits per heavy atom. The van der Waals surface area contributed by atoms with Gasteiger partial charge in [0.15, 0.2) is 10.6 Å². The number of methoxy groups -OCH3 is 1. The van der Waals surface area contributed by atoms with E-state index in [4.69, 9.17) is 16.3 Å². The fraction of sp³-hybridized carbons (Fsp3) is 0.167. The molecular formula is C12H7ClF3NO3S. The summed E-state index contributed by atoms with van der Waals surface area (Å²) < 4.78 is 47.3. The molecule has 2 heterocycles. The van der Waals surface area contributed by atoms with E-state index < -0.39 is 17.7 Å². The molecule has 4 nitrogen and oxygen atoms in total. The number of alkyl halides is 3. The van der Waals surface area contributed by atoms with E-state index in [0.29, 0.717) is 12.3 Å². The molecule has 0 aliphatic rings. The first-order valence-electron chi connectivity index (χ1n) is 5.39. The van der Waals surface area contributed by atoms with Crippen LogP contribution in [0.4, 0.5) is 13.2 Å². The van der Waals surface area contributed by atoms with Crippen LogP contribution in [0.2, 0.25) is 5.02 Å². The average Bonchev–Trinajstić information content (AvgIpc) is 2.87. The molecule has 0 unspecified atom stereocenters. The van der Waals surface area contributed by atoms with Crippen LogP contribution in [-0.4, -0.2) is 18.1 Å². The second-order valence-electron chi connectivity index (χ2n) is 3.72. The summed E-state index contributed by atoms with van der Waals surface area (Å²) in [6.45, 7) is 0. The molecule has 0 atom stereocenters. The maximum atomic E-state index is 12.5. The van der Waals surface area contributed by atoms with E-state index in [-0.39, 0.29) is 21.5 Å². The number of ether oxygens (including phenoxy) is 2. The Labute approximate surface area is 126 Å². The maximum Gasteiger partial charge on any atom is 0.417 e. The van der Waals surface area contributed by atoms with Gasteiger partial charge in [-0.05, 0) is 17.5 Å². The highest BCUT2D eigenvalue weighted by molar-refractivity contribution is 7.12. The zero-order valence-electron chi connectivity index (χ0n) is 10.4. The average molecular weight is 338 g/mol. The van der Waals surface area contributed by atoms with Crippen LogP contribution in [0.3, 0.4) is 0 Å². The quantitative estimate of drug-likeness (QED) is 0.779. The lowest BCUT2D eigenvalue weighted by Gasteiger charge is -2.10. The molecule has 2 rings (SSSR count). The van der Waals surface area contributed by atoms with Crippen molar-refractivity contribution >= 4 is 28.9 Å². The molecule has 2 aromatic rings. The minimum atomic E-state index is -4.55. The lowest BCUT2D eigenvalue weighted by molar-refractivity contribution is -0.137. The van der Waals surface area contributed by atoms with Crippen LogP contribution in [-0.2, 0) is 10.9 Å². The number of hydrogen-bond donors (Lipinski definition) is 0. The van der Waals surface area contributed by atoms with Crippen molar-refractivity contribution in [1.29, 1.82) is 0 Å². The van der Waals surface area contributed by atoms with Crippen molar-refractivity contribution in [2.45, 2.75) is 6.18 Å². The van der Waals surface area contributed by atoms with Crippen LogP contribution in [0.15, 0.2) is 23.7 Å². The number of rotatable bonds is 3. The van der Waals surface area contributed by atoms with Gasteiger partial charge in [0.05, 0.1) is 12.7 Å². The molecule has 21 heavy (non-hydrogen) atoms. The van der Waals surface area contributed by atoms with E-state index in [1.807, 2.05) is 0 Å². The van der Waals surface area contributed by atoms with Gasteiger partial charge in [-0.3, -0.25) is 0 Å². The summed E-state index contributed by atoms with van der Waals surface area (Å²) in [5.74, 6) is -0.739. The second kappa shape index (κ2) is 5.90. The van der Waals surface area contributed by atoms with Crippen molar-refractivity contribution in [3.63, 3.8) is 0 Å². The van der Waals surface area contributed by atoms with Crippen LogP contribution in [0.1, 0.15) is 15.2 Å². The molecule has 0 saturated carbocycles. The van der Waals surface area contributed by atoms with Crippen LogP contribution in [0.5, 0.6) is 11.6 Å². The molecular weight excluding hydrogens is 331 g/mol. The molecule has 0 radical (unpaired) electrons. The van der Waals surface area contributed by atoms with E-state index in [1.54, 1.807) is 5.38 Å². The van der Waals surface area contributed by atoms with Gasteiger partial charge >= 0.3 is 12.1 Å². The van der Waals surface area contributed by atoms with Gasteiger partial charge in [-0.25, -0.2) is 9.78 Å². The maximum absolute atomic E-state index is 12.5. The van der Waals surface area contributed by atoms with Gasteiger partial charge in [0, 0.05) is 6.20 Å². The van der Waals surface area contributed by atoms with Crippen LogP contribution in [0, 0.1) is 0 Å². The smallest absolute Gasteiger partial charge is 0.417 e. The summed E-state index contributed by atoms with van der Waals surface area (Å²) in [5, 5.41) is 1.26. The predicted molar refractivity (Wildman–Crippen MR) is 70.0 cm³/mol. The normalized spacial score (nSPS) is 11.3. The van der Waals surface area contributed by atoms with Gasteiger partial charge in [-0.15, -0.1) is 11.3 Å². The fourth-order valence-corrected chi connectivity index (χ4v) is 2.32. The number of carbonyl (C=O) groups excluding carboxylic acids is 1. The lowest BCUT2D eigenvalue weighted by atomic mass is 10.3. The zero-order valence-corrected chi connectivity index (χ0v) is 12.0. The van der Waals surface area contributed by atoms with Crippen LogP contribution < -0.4 is 4.74 Å². The molecule has 0 aliphatic carbocycles. The topological polar surface area (TPSA) is 48.4 Å². The molecule has 2 aromatic heterocycles. The van der Waals surface area contributed by atoms with Crippen molar-refractivity contribution in [1.82, 2.24) is 4.98 Å². The zero-order chi connectivity index (χ0) is 15.6. The lowest BCUT2D eigenvalue weighted by Crippen LogP contribution is -2.06. The summed E-state index contributed by atoms with van der Waals surface area (Å²) in [6.07, 6.45) is -3.94. The molecule has 0 aliphatic heterocycles. The van der Waals surface area contributed by atoms with Crippen LogP contribution >= 0.6 is 22.9 Å². The fourth-order valence-electron chi connectivity index (χ4n) is 1.38. The van der Waals surface area contributed by atoms with Crippen molar-refractivity contribution in [2.75, 3.05) is 7.11 Å².